The van der Waals surface area contributed by atoms with Crippen molar-refractivity contribution >= 4 is 40.8 Å². The third-order valence-electron chi connectivity index (χ3n) is 2.53. The van der Waals surface area contributed by atoms with E-state index in [0.29, 0.717) is 10.0 Å². The lowest BCUT2D eigenvalue weighted by molar-refractivity contribution is 1.35. The molecule has 0 radical (unpaired) electrons. The van der Waals surface area contributed by atoms with Crippen molar-refractivity contribution in [1.82, 2.24) is 0 Å². The van der Waals surface area contributed by atoms with Crippen molar-refractivity contribution in [2.75, 3.05) is 0 Å². The van der Waals surface area contributed by atoms with Crippen LogP contribution >= 0.6 is 35.0 Å². The molecular formula is C14H12Cl2N2S. The van der Waals surface area contributed by atoms with Crippen molar-refractivity contribution in [3.05, 3.63) is 63.6 Å². The van der Waals surface area contributed by atoms with Crippen LogP contribution in [-0.4, -0.2) is 5.84 Å². The molecule has 0 spiro atoms. The molecule has 0 saturated carbocycles. The zero-order chi connectivity index (χ0) is 13.8. The number of hydrogen-bond donors (Lipinski definition) is 2. The van der Waals surface area contributed by atoms with Crippen LogP contribution in [0.3, 0.4) is 0 Å². The van der Waals surface area contributed by atoms with Crippen LogP contribution in [0.2, 0.25) is 10.0 Å². The third-order valence-corrected chi connectivity index (χ3v) is 4.33. The number of nitrogen functional groups attached to an aromatic ring is 1. The van der Waals surface area contributed by atoms with Gasteiger partial charge in [-0.05, 0) is 29.8 Å². The molecule has 0 unspecified atom stereocenters. The average molecular weight is 311 g/mol. The quantitative estimate of drug-likeness (QED) is 0.494. The molecule has 5 heteroatoms. The molecule has 0 saturated heterocycles. The summed E-state index contributed by atoms with van der Waals surface area (Å²) in [5.74, 6) is 0.828. The Balaban J connectivity index is 2.12. The van der Waals surface area contributed by atoms with Crippen LogP contribution in [0.1, 0.15) is 11.1 Å². The molecule has 3 N–H and O–H groups in total. The second-order valence-corrected chi connectivity index (χ2v) is 5.84. The maximum absolute atomic E-state index is 7.42. The molecule has 98 valence electrons. The summed E-state index contributed by atoms with van der Waals surface area (Å²) >= 11 is 13.7. The molecule has 0 aliphatic rings. The monoisotopic (exact) mass is 310 g/mol. The molecule has 2 rings (SSSR count). The lowest BCUT2D eigenvalue weighted by Gasteiger charge is -2.06. The Morgan fingerprint density at radius 2 is 1.95 bits per heavy atom. The van der Waals surface area contributed by atoms with Gasteiger partial charge in [-0.3, -0.25) is 5.41 Å². The highest BCUT2D eigenvalue weighted by Gasteiger charge is 2.04. The molecule has 0 amide bonds. The van der Waals surface area contributed by atoms with Crippen LogP contribution in [0.5, 0.6) is 0 Å². The number of benzene rings is 2. The van der Waals surface area contributed by atoms with Gasteiger partial charge in [0.2, 0.25) is 0 Å². The first-order valence-electron chi connectivity index (χ1n) is 5.57. The maximum atomic E-state index is 7.42. The standard InChI is InChI=1S/C14H12Cl2N2S/c15-11-4-5-12(16)13(7-11)19-8-9-2-1-3-10(6-9)14(17)18/h1-7H,8H2,(H3,17,18). The average Bonchev–Trinajstić information content (AvgIpc) is 2.40. The molecule has 2 aromatic rings. The molecule has 0 bridgehead atoms. The summed E-state index contributed by atoms with van der Waals surface area (Å²) in [6.07, 6.45) is 0. The van der Waals surface area contributed by atoms with Crippen molar-refractivity contribution in [1.29, 1.82) is 5.41 Å². The van der Waals surface area contributed by atoms with E-state index in [0.717, 1.165) is 21.8 Å². The van der Waals surface area contributed by atoms with Gasteiger partial charge in [0.1, 0.15) is 5.84 Å². The number of hydrogen-bond acceptors (Lipinski definition) is 2. The van der Waals surface area contributed by atoms with Crippen molar-refractivity contribution in [2.45, 2.75) is 10.6 Å². The SMILES string of the molecule is N=C(N)c1cccc(CSc2cc(Cl)ccc2Cl)c1. The Morgan fingerprint density at radius 1 is 1.16 bits per heavy atom. The first-order valence-corrected chi connectivity index (χ1v) is 7.31. The van der Waals surface area contributed by atoms with Crippen LogP contribution < -0.4 is 5.73 Å². The van der Waals surface area contributed by atoms with Crippen LogP contribution in [-0.2, 0) is 5.75 Å². The summed E-state index contributed by atoms with van der Waals surface area (Å²) in [5, 5.41) is 8.79. The highest BCUT2D eigenvalue weighted by molar-refractivity contribution is 7.98. The van der Waals surface area contributed by atoms with Crippen molar-refractivity contribution in [3.8, 4) is 0 Å². The molecule has 0 aliphatic heterocycles. The van der Waals surface area contributed by atoms with Crippen LogP contribution in [0.4, 0.5) is 0 Å². The van der Waals surface area contributed by atoms with Gasteiger partial charge in [0.25, 0.3) is 0 Å². The van der Waals surface area contributed by atoms with Gasteiger partial charge in [-0.2, -0.15) is 0 Å². The Bertz CT molecular complexity index is 614. The predicted molar refractivity (Wildman–Crippen MR) is 83.5 cm³/mol. The van der Waals surface area contributed by atoms with Gasteiger partial charge in [-0.15, -0.1) is 11.8 Å². The molecule has 0 aromatic heterocycles. The van der Waals surface area contributed by atoms with E-state index in [2.05, 4.69) is 0 Å². The summed E-state index contributed by atoms with van der Waals surface area (Å²) in [6.45, 7) is 0. The summed E-state index contributed by atoms with van der Waals surface area (Å²) in [7, 11) is 0. The van der Waals surface area contributed by atoms with Gasteiger partial charge in [-0.25, -0.2) is 0 Å². The van der Waals surface area contributed by atoms with Crippen LogP contribution in [0, 0.1) is 5.41 Å². The molecule has 0 aliphatic carbocycles. The molecule has 19 heavy (non-hydrogen) atoms. The van der Waals surface area contributed by atoms with Gasteiger partial charge in [0.05, 0.1) is 5.02 Å². The summed E-state index contributed by atoms with van der Waals surface area (Å²) in [4.78, 5) is 0.947. The topological polar surface area (TPSA) is 49.9 Å². The summed E-state index contributed by atoms with van der Waals surface area (Å²) in [5.41, 5.74) is 7.30. The fourth-order valence-electron chi connectivity index (χ4n) is 1.58. The second kappa shape index (κ2) is 6.33. The van der Waals surface area contributed by atoms with Crippen LogP contribution in [0.15, 0.2) is 47.4 Å². The van der Waals surface area contributed by atoms with E-state index in [-0.39, 0.29) is 5.84 Å². The zero-order valence-corrected chi connectivity index (χ0v) is 12.3. The van der Waals surface area contributed by atoms with E-state index in [1.807, 2.05) is 30.3 Å². The van der Waals surface area contributed by atoms with Crippen LogP contribution in [0.25, 0.3) is 0 Å². The second-order valence-electron chi connectivity index (χ2n) is 3.98. The van der Waals surface area contributed by atoms with E-state index >= 15 is 0 Å². The number of nitrogens with one attached hydrogen (secondary N) is 1. The smallest absolute Gasteiger partial charge is 0.122 e. The van der Waals surface area contributed by atoms with Crippen molar-refractivity contribution < 1.29 is 0 Å². The minimum atomic E-state index is 0.0765. The van der Waals surface area contributed by atoms with Crippen molar-refractivity contribution in [3.63, 3.8) is 0 Å². The molecular weight excluding hydrogens is 299 g/mol. The first kappa shape index (κ1) is 14.3. The molecule has 2 nitrogen and oxygen atoms in total. The fourth-order valence-corrected chi connectivity index (χ4v) is 3.01. The number of nitrogens with two attached hydrogens (primary N) is 1. The van der Waals surface area contributed by atoms with E-state index in [4.69, 9.17) is 34.3 Å². The van der Waals surface area contributed by atoms with Gasteiger partial charge in [0, 0.05) is 21.2 Å². The predicted octanol–water partition coefficient (Wildman–Crippen LogP) is 4.57. The lowest BCUT2D eigenvalue weighted by atomic mass is 10.1. The first-order chi connectivity index (χ1) is 9.06. The molecule has 0 heterocycles. The highest BCUT2D eigenvalue weighted by atomic mass is 35.5. The number of thioether (sulfide) groups is 1. The maximum Gasteiger partial charge on any atom is 0.122 e. The molecule has 2 aromatic carbocycles. The third kappa shape index (κ3) is 3.90. The van der Waals surface area contributed by atoms with E-state index in [1.165, 1.54) is 0 Å². The largest absolute Gasteiger partial charge is 0.384 e. The van der Waals surface area contributed by atoms with E-state index in [1.54, 1.807) is 23.9 Å². The Labute approximate surface area is 126 Å². The molecule has 0 atom stereocenters. The fraction of sp³-hybridized carbons (Fsp3) is 0.0714. The Kier molecular flexibility index (Phi) is 4.75. The van der Waals surface area contributed by atoms with Gasteiger partial charge in [0.15, 0.2) is 0 Å². The van der Waals surface area contributed by atoms with E-state index in [9.17, 15) is 0 Å². The van der Waals surface area contributed by atoms with Gasteiger partial charge < -0.3 is 5.73 Å². The molecule has 0 fully saturated rings. The lowest BCUT2D eigenvalue weighted by Crippen LogP contribution is -2.10. The summed E-state index contributed by atoms with van der Waals surface area (Å²) < 4.78 is 0. The zero-order valence-electron chi connectivity index (χ0n) is 9.99. The van der Waals surface area contributed by atoms with Crippen molar-refractivity contribution in [2.24, 2.45) is 5.73 Å². The Hall–Kier alpha value is -1.16. The number of amidine groups is 1. The van der Waals surface area contributed by atoms with Gasteiger partial charge >= 0.3 is 0 Å². The number of halogens is 2. The minimum absolute atomic E-state index is 0.0765. The van der Waals surface area contributed by atoms with E-state index < -0.39 is 0 Å². The normalized spacial score (nSPS) is 10.4. The number of rotatable bonds is 4. The summed E-state index contributed by atoms with van der Waals surface area (Å²) in [6, 6.07) is 13.0. The van der Waals surface area contributed by atoms with Gasteiger partial charge in [-0.1, -0.05) is 41.4 Å². The minimum Gasteiger partial charge on any atom is -0.384 e. The Morgan fingerprint density at radius 3 is 2.68 bits per heavy atom. The highest BCUT2D eigenvalue weighted by Crippen LogP contribution is 2.32.